The fraction of sp³-hybridized carbons (Fsp3) is 0.455. The number of alkyl halides is 6. The first-order chi connectivity index (χ1) is 9.99. The van der Waals surface area contributed by atoms with Crippen molar-refractivity contribution < 1.29 is 45.3 Å². The molecule has 0 saturated heterocycles. The van der Waals surface area contributed by atoms with E-state index in [0.29, 0.717) is 6.20 Å². The minimum atomic E-state index is -5.39. The smallest absolute Gasteiger partial charge is 0.491 e. The van der Waals surface area contributed by atoms with E-state index in [2.05, 4.69) is 19.2 Å². The van der Waals surface area contributed by atoms with Crippen LogP contribution in [-0.4, -0.2) is 31.5 Å². The van der Waals surface area contributed by atoms with Gasteiger partial charge in [0.25, 0.3) is 0 Å². The molecule has 0 aliphatic rings. The summed E-state index contributed by atoms with van der Waals surface area (Å²) in [5.41, 5.74) is -2.83. The van der Waals surface area contributed by atoms with Crippen molar-refractivity contribution in [2.24, 2.45) is 0 Å². The Labute approximate surface area is 119 Å². The summed E-state index contributed by atoms with van der Waals surface area (Å²) in [6.45, 7) is 0. The molecule has 5 nitrogen and oxygen atoms in total. The number of nitrogens with zero attached hydrogens (tertiary/aromatic N) is 1. The lowest BCUT2D eigenvalue weighted by atomic mass is 10.1. The van der Waals surface area contributed by atoms with Gasteiger partial charge >= 0.3 is 18.5 Å². The molecule has 0 aliphatic carbocycles. The molecule has 1 rings (SSSR count). The Bertz CT molecular complexity index is 555. The highest BCUT2D eigenvalue weighted by Crippen LogP contribution is 2.45. The molecule has 0 amide bonds. The average Bonchev–Trinajstić information content (AvgIpc) is 2.35. The van der Waals surface area contributed by atoms with Crippen molar-refractivity contribution in [3.05, 3.63) is 17.5 Å². The van der Waals surface area contributed by atoms with Gasteiger partial charge in [0, 0.05) is 0 Å². The number of hydrogen-bond donors (Lipinski definition) is 0. The van der Waals surface area contributed by atoms with Crippen molar-refractivity contribution in [2.75, 3.05) is 14.2 Å². The minimum absolute atomic E-state index is 0.592. The van der Waals surface area contributed by atoms with Crippen molar-refractivity contribution in [1.29, 1.82) is 0 Å². The van der Waals surface area contributed by atoms with Gasteiger partial charge in [-0.25, -0.2) is 0 Å². The molecule has 1 heterocycles. The molecule has 124 valence electrons. The van der Waals surface area contributed by atoms with Gasteiger partial charge in [0.1, 0.15) is 5.56 Å². The van der Waals surface area contributed by atoms with Crippen LogP contribution in [0.4, 0.5) is 26.3 Å². The van der Waals surface area contributed by atoms with Crippen LogP contribution < -0.4 is 9.47 Å². The highest BCUT2D eigenvalue weighted by atomic mass is 19.4. The number of hydrogen-bond acceptors (Lipinski definition) is 5. The third-order valence-corrected chi connectivity index (χ3v) is 2.34. The van der Waals surface area contributed by atoms with Gasteiger partial charge in [-0.3, -0.25) is 9.78 Å². The molecule has 0 unspecified atom stereocenters. The zero-order valence-electron chi connectivity index (χ0n) is 11.1. The van der Waals surface area contributed by atoms with Crippen LogP contribution in [0.2, 0.25) is 0 Å². The lowest BCUT2D eigenvalue weighted by Crippen LogP contribution is -2.23. The molecule has 0 aliphatic heterocycles. The van der Waals surface area contributed by atoms with Crippen LogP contribution in [0.25, 0.3) is 0 Å². The van der Waals surface area contributed by atoms with Gasteiger partial charge < -0.3 is 14.2 Å². The number of pyridine rings is 1. The summed E-state index contributed by atoms with van der Waals surface area (Å²) >= 11 is 0. The first kappa shape index (κ1) is 17.9. The monoisotopic (exact) mass is 333 g/mol. The molecule has 1 aromatic heterocycles. The maximum absolute atomic E-state index is 13.1. The zero-order chi connectivity index (χ0) is 17.1. The van der Waals surface area contributed by atoms with Gasteiger partial charge in [-0.1, -0.05) is 0 Å². The Morgan fingerprint density at radius 1 is 1.18 bits per heavy atom. The Morgan fingerprint density at radius 2 is 1.77 bits per heavy atom. The highest BCUT2D eigenvalue weighted by molar-refractivity contribution is 5.73. The summed E-state index contributed by atoms with van der Waals surface area (Å²) in [4.78, 5) is 14.4. The predicted octanol–water partition coefficient (Wildman–Crippen LogP) is 2.72. The Hall–Kier alpha value is -2.20. The fourth-order valence-corrected chi connectivity index (χ4v) is 1.51. The summed E-state index contributed by atoms with van der Waals surface area (Å²) in [5, 5.41) is 0. The van der Waals surface area contributed by atoms with Crippen molar-refractivity contribution in [3.63, 3.8) is 0 Å². The second-order valence-electron chi connectivity index (χ2n) is 3.78. The normalized spacial score (nSPS) is 12.0. The molecular weight excluding hydrogens is 324 g/mol. The molecular formula is C11H9F6NO4. The standard InChI is InChI=1S/C11H9F6NO4/c1-20-6-4-18-5(3-7(19)21-2)8(10(12,13)14)9(6)22-11(15,16)17/h4H,3H2,1-2H3. The van der Waals surface area contributed by atoms with Gasteiger partial charge in [-0.05, 0) is 0 Å². The molecule has 0 atom stereocenters. The van der Waals surface area contributed by atoms with E-state index in [0.717, 1.165) is 14.2 Å². The Morgan fingerprint density at radius 3 is 2.18 bits per heavy atom. The van der Waals surface area contributed by atoms with Gasteiger partial charge in [0.15, 0.2) is 11.5 Å². The third-order valence-electron chi connectivity index (χ3n) is 2.34. The van der Waals surface area contributed by atoms with Crippen LogP contribution in [-0.2, 0) is 22.1 Å². The Kier molecular flexibility index (Phi) is 5.09. The van der Waals surface area contributed by atoms with Gasteiger partial charge in [0.2, 0.25) is 0 Å². The van der Waals surface area contributed by atoms with E-state index in [1.165, 1.54) is 0 Å². The number of carbonyl (C=O) groups excluding carboxylic acids is 1. The topological polar surface area (TPSA) is 57.7 Å². The van der Waals surface area contributed by atoms with Gasteiger partial charge in [-0.15, -0.1) is 13.2 Å². The maximum atomic E-state index is 13.1. The number of methoxy groups -OCH3 is 2. The van der Waals surface area contributed by atoms with Crippen LogP contribution in [0.1, 0.15) is 11.3 Å². The van der Waals surface area contributed by atoms with E-state index in [9.17, 15) is 31.1 Å². The molecule has 11 heteroatoms. The second kappa shape index (κ2) is 6.28. The molecule has 22 heavy (non-hydrogen) atoms. The first-order valence-corrected chi connectivity index (χ1v) is 5.45. The van der Waals surface area contributed by atoms with Crippen molar-refractivity contribution in [1.82, 2.24) is 4.98 Å². The summed E-state index contributed by atoms with van der Waals surface area (Å²) in [5.74, 6) is -3.60. The number of ether oxygens (including phenoxy) is 3. The number of aromatic nitrogens is 1. The van der Waals surface area contributed by atoms with E-state index < -0.39 is 47.7 Å². The summed E-state index contributed by atoms with van der Waals surface area (Å²) < 4.78 is 88.2. The average molecular weight is 333 g/mol. The molecule has 0 N–H and O–H groups in total. The number of halogens is 6. The highest BCUT2D eigenvalue weighted by Gasteiger charge is 2.44. The quantitative estimate of drug-likeness (QED) is 0.626. The van der Waals surface area contributed by atoms with Crippen LogP contribution in [0.15, 0.2) is 6.20 Å². The molecule has 0 aromatic carbocycles. The van der Waals surface area contributed by atoms with E-state index in [1.807, 2.05) is 0 Å². The third kappa shape index (κ3) is 4.40. The molecule has 0 spiro atoms. The fourth-order valence-electron chi connectivity index (χ4n) is 1.51. The predicted molar refractivity (Wildman–Crippen MR) is 58.2 cm³/mol. The van der Waals surface area contributed by atoms with E-state index in [-0.39, 0.29) is 0 Å². The van der Waals surface area contributed by atoms with Crippen LogP contribution in [0, 0.1) is 0 Å². The number of esters is 1. The molecule has 0 bridgehead atoms. The minimum Gasteiger partial charge on any atom is -0.491 e. The molecule has 1 aromatic rings. The summed E-state index contributed by atoms with van der Waals surface area (Å²) in [7, 11) is 1.76. The lowest BCUT2D eigenvalue weighted by Gasteiger charge is -2.19. The van der Waals surface area contributed by atoms with Gasteiger partial charge in [0.05, 0.1) is 32.5 Å². The van der Waals surface area contributed by atoms with E-state index >= 15 is 0 Å². The second-order valence-corrected chi connectivity index (χ2v) is 3.78. The SMILES string of the molecule is COC(=O)Cc1ncc(OC)c(OC(F)(F)F)c1C(F)(F)F. The lowest BCUT2D eigenvalue weighted by molar-refractivity contribution is -0.276. The number of rotatable bonds is 4. The zero-order valence-corrected chi connectivity index (χ0v) is 11.1. The summed E-state index contributed by atoms with van der Waals surface area (Å²) in [6, 6.07) is 0. The molecule has 0 radical (unpaired) electrons. The molecule has 0 fully saturated rings. The summed E-state index contributed by atoms with van der Waals surface area (Å²) in [6.07, 6.45) is -11.0. The van der Waals surface area contributed by atoms with Crippen molar-refractivity contribution in [3.8, 4) is 11.5 Å². The largest absolute Gasteiger partial charge is 0.573 e. The van der Waals surface area contributed by atoms with E-state index in [1.54, 1.807) is 0 Å². The number of carbonyl (C=O) groups is 1. The Balaban J connectivity index is 3.54. The maximum Gasteiger partial charge on any atom is 0.573 e. The van der Waals surface area contributed by atoms with Crippen LogP contribution >= 0.6 is 0 Å². The molecule has 0 saturated carbocycles. The van der Waals surface area contributed by atoms with Crippen LogP contribution in [0.5, 0.6) is 11.5 Å². The first-order valence-electron chi connectivity index (χ1n) is 5.45. The van der Waals surface area contributed by atoms with E-state index in [4.69, 9.17) is 0 Å². The van der Waals surface area contributed by atoms with Crippen molar-refractivity contribution >= 4 is 5.97 Å². The van der Waals surface area contributed by atoms with Gasteiger partial charge in [-0.2, -0.15) is 13.2 Å². The van der Waals surface area contributed by atoms with Crippen molar-refractivity contribution in [2.45, 2.75) is 19.0 Å². The van der Waals surface area contributed by atoms with Crippen LogP contribution in [0.3, 0.4) is 0 Å².